The number of nitrogens with zero attached hydrogens (tertiary/aromatic N) is 2. The summed E-state index contributed by atoms with van der Waals surface area (Å²) in [6.45, 7) is 6.24. The van der Waals surface area contributed by atoms with E-state index in [0.29, 0.717) is 41.7 Å². The summed E-state index contributed by atoms with van der Waals surface area (Å²) >= 11 is 2.99. The van der Waals surface area contributed by atoms with Gasteiger partial charge in [0.15, 0.2) is 5.13 Å². The van der Waals surface area contributed by atoms with Gasteiger partial charge in [0.05, 0.1) is 33.7 Å². The number of benzene rings is 1. The molecular formula is C25H32FN5O3S2. The normalized spacial score (nSPS) is 11.4. The van der Waals surface area contributed by atoms with Gasteiger partial charge in [-0.1, -0.05) is 44.9 Å². The Hall–Kier alpha value is -2.92. The van der Waals surface area contributed by atoms with Crippen LogP contribution in [0.15, 0.2) is 39.2 Å². The van der Waals surface area contributed by atoms with E-state index in [-0.39, 0.29) is 22.9 Å². The number of rotatable bonds is 12. The molecule has 0 spiro atoms. The molecule has 194 valence electrons. The maximum absolute atomic E-state index is 13.1. The summed E-state index contributed by atoms with van der Waals surface area (Å²) in [5.74, 6) is 1.44. The van der Waals surface area contributed by atoms with Gasteiger partial charge < -0.3 is 20.8 Å². The SMILES string of the molecule is CC(C)(C)c1cnc(CSc2cnc(NC(=O)CCCCCCC(=O)Nc3ccc(F)cc3N)s2)o1. The van der Waals surface area contributed by atoms with Crippen LogP contribution in [0, 0.1) is 5.82 Å². The quantitative estimate of drug-likeness (QED) is 0.141. The number of unbranched alkanes of at least 4 members (excludes halogenated alkanes) is 3. The maximum Gasteiger partial charge on any atom is 0.226 e. The second kappa shape index (κ2) is 12.9. The van der Waals surface area contributed by atoms with Crippen molar-refractivity contribution in [2.24, 2.45) is 0 Å². The van der Waals surface area contributed by atoms with Crippen LogP contribution < -0.4 is 16.4 Å². The zero-order valence-electron chi connectivity index (χ0n) is 20.7. The molecule has 0 atom stereocenters. The van der Waals surface area contributed by atoms with Crippen LogP contribution in [0.1, 0.15) is 70.9 Å². The molecule has 0 fully saturated rings. The Labute approximate surface area is 218 Å². The average Bonchev–Trinajstić information content (AvgIpc) is 3.46. The topological polar surface area (TPSA) is 123 Å². The van der Waals surface area contributed by atoms with E-state index in [2.05, 4.69) is 41.4 Å². The lowest BCUT2D eigenvalue weighted by Crippen LogP contribution is -2.12. The van der Waals surface area contributed by atoms with E-state index in [1.165, 1.54) is 29.5 Å². The Morgan fingerprint density at radius 1 is 1.06 bits per heavy atom. The number of nitrogens with one attached hydrogen (secondary N) is 2. The van der Waals surface area contributed by atoms with Crippen LogP contribution in [0.4, 0.5) is 20.9 Å². The van der Waals surface area contributed by atoms with Gasteiger partial charge in [-0.3, -0.25) is 9.59 Å². The van der Waals surface area contributed by atoms with Gasteiger partial charge in [-0.2, -0.15) is 0 Å². The summed E-state index contributed by atoms with van der Waals surface area (Å²) in [4.78, 5) is 32.8. The van der Waals surface area contributed by atoms with E-state index >= 15 is 0 Å². The molecule has 0 saturated heterocycles. The molecule has 0 aliphatic carbocycles. The van der Waals surface area contributed by atoms with Crippen molar-refractivity contribution in [1.82, 2.24) is 9.97 Å². The molecule has 0 saturated carbocycles. The molecule has 8 nitrogen and oxygen atoms in total. The summed E-state index contributed by atoms with van der Waals surface area (Å²) in [5, 5.41) is 6.10. The highest BCUT2D eigenvalue weighted by molar-refractivity contribution is 8.00. The zero-order chi connectivity index (χ0) is 26.1. The smallest absolute Gasteiger partial charge is 0.226 e. The van der Waals surface area contributed by atoms with Crippen LogP contribution in [0.25, 0.3) is 0 Å². The van der Waals surface area contributed by atoms with Gasteiger partial charge in [-0.05, 0) is 31.0 Å². The highest BCUT2D eigenvalue weighted by atomic mass is 32.2. The van der Waals surface area contributed by atoms with Crippen molar-refractivity contribution < 1.29 is 18.4 Å². The van der Waals surface area contributed by atoms with Gasteiger partial charge >= 0.3 is 0 Å². The Bertz CT molecular complexity index is 1170. The third-order valence-electron chi connectivity index (χ3n) is 5.21. The minimum Gasteiger partial charge on any atom is -0.444 e. The number of thioether (sulfide) groups is 1. The Balaban J connectivity index is 1.28. The van der Waals surface area contributed by atoms with Crippen LogP contribution in [-0.4, -0.2) is 21.8 Å². The fourth-order valence-electron chi connectivity index (χ4n) is 3.21. The number of amides is 2. The summed E-state index contributed by atoms with van der Waals surface area (Å²) < 4.78 is 19.9. The minimum absolute atomic E-state index is 0.0760. The molecule has 2 heterocycles. The first-order chi connectivity index (χ1) is 17.1. The lowest BCUT2D eigenvalue weighted by molar-refractivity contribution is -0.117. The van der Waals surface area contributed by atoms with Crippen molar-refractivity contribution in [2.45, 2.75) is 74.7 Å². The Morgan fingerprint density at radius 3 is 2.39 bits per heavy atom. The summed E-state index contributed by atoms with van der Waals surface area (Å²) in [6, 6.07) is 3.88. The molecule has 2 aromatic heterocycles. The Kier molecular flexibility index (Phi) is 9.89. The van der Waals surface area contributed by atoms with Gasteiger partial charge in [0.2, 0.25) is 17.7 Å². The first-order valence-electron chi connectivity index (χ1n) is 11.8. The van der Waals surface area contributed by atoms with Crippen LogP contribution in [0.5, 0.6) is 0 Å². The number of hydrogen-bond acceptors (Lipinski definition) is 8. The van der Waals surface area contributed by atoms with Gasteiger partial charge in [0.1, 0.15) is 11.6 Å². The summed E-state index contributed by atoms with van der Waals surface area (Å²) in [6.07, 6.45) is 7.34. The molecule has 0 aliphatic rings. The standard InChI is InChI=1S/C25H32FN5O3S2/c1-25(2,3)19-13-28-22(34-19)15-35-23-14-29-24(36-23)31-21(33)9-7-5-4-6-8-20(32)30-18-11-10-16(26)12-17(18)27/h10-14H,4-9,15,27H2,1-3H3,(H,30,32)(H,29,31,33). The van der Waals surface area contributed by atoms with Gasteiger partial charge in [-0.15, -0.1) is 11.8 Å². The van der Waals surface area contributed by atoms with E-state index in [0.717, 1.165) is 29.2 Å². The summed E-state index contributed by atoms with van der Waals surface area (Å²) in [5.41, 5.74) is 6.23. The molecular weight excluding hydrogens is 501 g/mol. The second-order valence-corrected chi connectivity index (χ2v) is 11.7. The number of anilines is 3. The van der Waals surface area contributed by atoms with Crippen molar-refractivity contribution in [3.63, 3.8) is 0 Å². The van der Waals surface area contributed by atoms with E-state index in [1.54, 1.807) is 24.2 Å². The van der Waals surface area contributed by atoms with Crippen molar-refractivity contribution in [3.8, 4) is 0 Å². The minimum atomic E-state index is -0.443. The molecule has 0 radical (unpaired) electrons. The van der Waals surface area contributed by atoms with Crippen molar-refractivity contribution in [2.75, 3.05) is 16.4 Å². The van der Waals surface area contributed by atoms with E-state index in [1.807, 2.05) is 0 Å². The number of carbonyl (C=O) groups is 2. The van der Waals surface area contributed by atoms with E-state index in [9.17, 15) is 14.0 Å². The molecule has 0 unspecified atom stereocenters. The van der Waals surface area contributed by atoms with E-state index < -0.39 is 5.82 Å². The molecule has 3 aromatic rings. The van der Waals surface area contributed by atoms with Crippen molar-refractivity contribution in [3.05, 3.63) is 48.1 Å². The third kappa shape index (κ3) is 8.94. The highest BCUT2D eigenvalue weighted by Crippen LogP contribution is 2.32. The third-order valence-corrected chi connectivity index (χ3v) is 7.30. The highest BCUT2D eigenvalue weighted by Gasteiger charge is 2.19. The monoisotopic (exact) mass is 533 g/mol. The number of nitrogen functional groups attached to an aromatic ring is 1. The number of oxazole rings is 1. The molecule has 4 N–H and O–H groups in total. The van der Waals surface area contributed by atoms with Crippen molar-refractivity contribution >= 4 is 51.4 Å². The number of aromatic nitrogens is 2. The number of nitrogens with two attached hydrogens (primary N) is 1. The number of halogens is 1. The Morgan fingerprint density at radius 2 is 1.75 bits per heavy atom. The molecule has 2 amide bonds. The lowest BCUT2D eigenvalue weighted by Gasteiger charge is -2.12. The molecule has 11 heteroatoms. The van der Waals surface area contributed by atoms with Crippen LogP contribution in [0.2, 0.25) is 0 Å². The van der Waals surface area contributed by atoms with Crippen molar-refractivity contribution in [1.29, 1.82) is 0 Å². The lowest BCUT2D eigenvalue weighted by atomic mass is 9.94. The van der Waals surface area contributed by atoms with Gasteiger partial charge in [0.25, 0.3) is 0 Å². The van der Waals surface area contributed by atoms with Crippen LogP contribution in [-0.2, 0) is 20.8 Å². The molecule has 1 aromatic carbocycles. The number of thiazole rings is 1. The van der Waals surface area contributed by atoms with Gasteiger partial charge in [0, 0.05) is 18.3 Å². The maximum atomic E-state index is 13.1. The number of hydrogen-bond donors (Lipinski definition) is 3. The number of carbonyl (C=O) groups excluding carboxylic acids is 2. The predicted octanol–water partition coefficient (Wildman–Crippen LogP) is 6.36. The first kappa shape index (κ1) is 27.7. The van der Waals surface area contributed by atoms with Gasteiger partial charge in [-0.25, -0.2) is 14.4 Å². The fourth-order valence-corrected chi connectivity index (χ4v) is 4.95. The largest absolute Gasteiger partial charge is 0.444 e. The molecule has 0 bridgehead atoms. The fraction of sp³-hybridized carbons (Fsp3) is 0.440. The van der Waals surface area contributed by atoms with Crippen LogP contribution in [0.3, 0.4) is 0 Å². The molecule has 3 rings (SSSR count). The summed E-state index contributed by atoms with van der Waals surface area (Å²) in [7, 11) is 0. The van der Waals surface area contributed by atoms with Crippen LogP contribution >= 0.6 is 23.1 Å². The first-order valence-corrected chi connectivity index (χ1v) is 13.6. The molecule has 0 aliphatic heterocycles. The van der Waals surface area contributed by atoms with E-state index in [4.69, 9.17) is 10.2 Å². The second-order valence-electron chi connectivity index (χ2n) is 9.38. The average molecular weight is 534 g/mol. The molecule has 36 heavy (non-hydrogen) atoms. The zero-order valence-corrected chi connectivity index (χ0v) is 22.4. The predicted molar refractivity (Wildman–Crippen MR) is 143 cm³/mol.